The first-order chi connectivity index (χ1) is 6.43. The molecule has 0 atom stereocenters. The van der Waals surface area contributed by atoms with Gasteiger partial charge in [-0.05, 0) is 24.6 Å². The number of nitrogens with one attached hydrogen (secondary N) is 1. The second kappa shape index (κ2) is 2.54. The summed E-state index contributed by atoms with van der Waals surface area (Å²) in [5.74, 6) is -1.35. The topological polar surface area (TPSA) is 63.2 Å². The Morgan fingerprint density at radius 3 is 2.64 bits per heavy atom. The van der Waals surface area contributed by atoms with Crippen molar-refractivity contribution in [2.24, 2.45) is 0 Å². The van der Waals surface area contributed by atoms with E-state index in [9.17, 15) is 17.6 Å². The molecule has 0 unspecified atom stereocenters. The van der Waals surface area contributed by atoms with E-state index in [0.29, 0.717) is 0 Å². The fourth-order valence-corrected chi connectivity index (χ4v) is 2.61. The van der Waals surface area contributed by atoms with Gasteiger partial charge in [0, 0.05) is 0 Å². The molecule has 0 saturated carbocycles. The van der Waals surface area contributed by atoms with E-state index in [1.54, 1.807) is 4.72 Å². The highest BCUT2D eigenvalue weighted by Gasteiger charge is 2.34. The van der Waals surface area contributed by atoms with Crippen molar-refractivity contribution in [1.82, 2.24) is 4.72 Å². The lowest BCUT2D eigenvalue weighted by molar-refractivity contribution is 0.0984. The zero-order valence-corrected chi connectivity index (χ0v) is 7.98. The molecule has 1 aromatic carbocycles. The molecule has 1 aliphatic heterocycles. The van der Waals surface area contributed by atoms with Gasteiger partial charge in [-0.2, -0.15) is 0 Å². The van der Waals surface area contributed by atoms with Crippen molar-refractivity contribution in [2.45, 2.75) is 11.8 Å². The molecule has 74 valence electrons. The molecule has 6 heteroatoms. The minimum atomic E-state index is -3.76. The van der Waals surface area contributed by atoms with Crippen LogP contribution in [0.1, 0.15) is 15.9 Å². The third kappa shape index (κ3) is 1.04. The molecule has 0 saturated heterocycles. The third-order valence-electron chi connectivity index (χ3n) is 2.10. The zero-order valence-electron chi connectivity index (χ0n) is 7.17. The molecule has 0 radical (unpaired) electrons. The second-order valence-corrected chi connectivity index (χ2v) is 4.63. The first-order valence-corrected chi connectivity index (χ1v) is 5.28. The van der Waals surface area contributed by atoms with Crippen LogP contribution in [0.5, 0.6) is 0 Å². The second-order valence-electron chi connectivity index (χ2n) is 2.98. The predicted molar refractivity (Wildman–Crippen MR) is 45.8 cm³/mol. The molecule has 0 aromatic heterocycles. The normalized spacial score (nSPS) is 17.7. The molecular formula is C8H6FNO3S. The minimum Gasteiger partial charge on any atom is -0.268 e. The number of sulfonamides is 1. The molecule has 1 N–H and O–H groups in total. The van der Waals surface area contributed by atoms with Crippen LogP contribution in [0, 0.1) is 12.7 Å². The van der Waals surface area contributed by atoms with Crippen LogP contribution in [0.15, 0.2) is 17.0 Å². The van der Waals surface area contributed by atoms with Crippen molar-refractivity contribution in [3.8, 4) is 0 Å². The van der Waals surface area contributed by atoms with Crippen LogP contribution in [0.4, 0.5) is 4.39 Å². The summed E-state index contributed by atoms with van der Waals surface area (Å²) in [6.07, 6.45) is 0. The van der Waals surface area contributed by atoms with E-state index >= 15 is 0 Å². The van der Waals surface area contributed by atoms with Gasteiger partial charge in [-0.3, -0.25) is 4.79 Å². The SMILES string of the molecule is Cc1c(F)ccc2c1C(=O)NS2(=O)=O. The van der Waals surface area contributed by atoms with E-state index in [4.69, 9.17) is 0 Å². The van der Waals surface area contributed by atoms with Crippen molar-refractivity contribution in [3.05, 3.63) is 29.1 Å². The maximum Gasteiger partial charge on any atom is 0.266 e. The van der Waals surface area contributed by atoms with Crippen LogP contribution >= 0.6 is 0 Å². The van der Waals surface area contributed by atoms with E-state index in [1.807, 2.05) is 0 Å². The molecule has 2 rings (SSSR count). The maximum absolute atomic E-state index is 13.0. The van der Waals surface area contributed by atoms with Crippen LogP contribution in [0.2, 0.25) is 0 Å². The molecule has 1 amide bonds. The zero-order chi connectivity index (χ0) is 10.5. The van der Waals surface area contributed by atoms with Crippen LogP contribution in [-0.2, 0) is 10.0 Å². The van der Waals surface area contributed by atoms with Crippen LogP contribution in [-0.4, -0.2) is 14.3 Å². The molecule has 0 aliphatic carbocycles. The lowest BCUT2D eigenvalue weighted by Crippen LogP contribution is -2.21. The largest absolute Gasteiger partial charge is 0.268 e. The minimum absolute atomic E-state index is 0.0566. The number of hydrogen-bond donors (Lipinski definition) is 1. The Labute approximate surface area is 79.8 Å². The molecule has 1 aromatic rings. The summed E-state index contributed by atoms with van der Waals surface area (Å²) < 4.78 is 37.4. The summed E-state index contributed by atoms with van der Waals surface area (Å²) in [5, 5.41) is 0. The Hall–Kier alpha value is -1.43. The highest BCUT2D eigenvalue weighted by Crippen LogP contribution is 2.26. The fourth-order valence-electron chi connectivity index (χ4n) is 1.40. The summed E-state index contributed by atoms with van der Waals surface area (Å²) in [6, 6.07) is 2.12. The van der Waals surface area contributed by atoms with Crippen LogP contribution in [0.25, 0.3) is 0 Å². The smallest absolute Gasteiger partial charge is 0.266 e. The first-order valence-electron chi connectivity index (χ1n) is 3.80. The monoisotopic (exact) mass is 215 g/mol. The molecule has 0 fully saturated rings. The average molecular weight is 215 g/mol. The van der Waals surface area contributed by atoms with Crippen molar-refractivity contribution in [1.29, 1.82) is 0 Å². The predicted octanol–water partition coefficient (Wildman–Crippen LogP) is 0.566. The lowest BCUT2D eigenvalue weighted by atomic mass is 10.1. The Kier molecular flexibility index (Phi) is 1.66. The van der Waals surface area contributed by atoms with Gasteiger partial charge >= 0.3 is 0 Å². The molecular weight excluding hydrogens is 209 g/mol. The molecule has 0 bridgehead atoms. The number of fused-ring (bicyclic) bond motifs is 1. The van der Waals surface area contributed by atoms with E-state index in [2.05, 4.69) is 0 Å². The van der Waals surface area contributed by atoms with Crippen LogP contribution in [0.3, 0.4) is 0 Å². The number of benzene rings is 1. The summed E-state index contributed by atoms with van der Waals surface area (Å²) in [4.78, 5) is 11.0. The quantitative estimate of drug-likeness (QED) is 0.688. The molecule has 1 aliphatic rings. The highest BCUT2D eigenvalue weighted by atomic mass is 32.2. The molecule has 14 heavy (non-hydrogen) atoms. The van der Waals surface area contributed by atoms with Crippen molar-refractivity contribution in [2.75, 3.05) is 0 Å². The summed E-state index contributed by atoms with van der Waals surface area (Å²) in [7, 11) is -3.76. The molecule has 4 nitrogen and oxygen atoms in total. The Morgan fingerprint density at radius 2 is 2.00 bits per heavy atom. The van der Waals surface area contributed by atoms with E-state index < -0.39 is 21.7 Å². The Balaban J connectivity index is 2.89. The number of rotatable bonds is 0. The van der Waals surface area contributed by atoms with Crippen molar-refractivity contribution < 1.29 is 17.6 Å². The maximum atomic E-state index is 13.0. The van der Waals surface area contributed by atoms with Gasteiger partial charge in [0.25, 0.3) is 15.9 Å². The van der Waals surface area contributed by atoms with Crippen LogP contribution < -0.4 is 4.72 Å². The van der Waals surface area contributed by atoms with Crippen molar-refractivity contribution >= 4 is 15.9 Å². The third-order valence-corrected chi connectivity index (χ3v) is 3.48. The van der Waals surface area contributed by atoms with Gasteiger partial charge < -0.3 is 0 Å². The van der Waals surface area contributed by atoms with Gasteiger partial charge in [-0.15, -0.1) is 0 Å². The van der Waals surface area contributed by atoms with Gasteiger partial charge in [0.2, 0.25) is 0 Å². The summed E-state index contributed by atoms with van der Waals surface area (Å²) in [5.41, 5.74) is -0.0360. The Bertz CT molecular complexity index is 536. The summed E-state index contributed by atoms with van der Waals surface area (Å²) >= 11 is 0. The van der Waals surface area contributed by atoms with E-state index in [1.165, 1.54) is 6.92 Å². The number of carbonyl (C=O) groups is 1. The highest BCUT2D eigenvalue weighted by molar-refractivity contribution is 7.90. The van der Waals surface area contributed by atoms with Gasteiger partial charge in [0.15, 0.2) is 0 Å². The van der Waals surface area contributed by atoms with Crippen molar-refractivity contribution in [3.63, 3.8) is 0 Å². The van der Waals surface area contributed by atoms with Gasteiger partial charge in [-0.1, -0.05) is 0 Å². The van der Waals surface area contributed by atoms with Gasteiger partial charge in [-0.25, -0.2) is 17.5 Å². The molecule has 0 spiro atoms. The van der Waals surface area contributed by atoms with E-state index in [0.717, 1.165) is 12.1 Å². The lowest BCUT2D eigenvalue weighted by Gasteiger charge is -1.99. The number of halogens is 1. The average Bonchev–Trinajstić information content (AvgIpc) is 2.29. The number of amides is 1. The van der Waals surface area contributed by atoms with Gasteiger partial charge in [0.1, 0.15) is 10.7 Å². The van der Waals surface area contributed by atoms with Gasteiger partial charge in [0.05, 0.1) is 5.56 Å². The fraction of sp³-hybridized carbons (Fsp3) is 0.125. The molecule has 1 heterocycles. The Morgan fingerprint density at radius 1 is 1.36 bits per heavy atom. The first kappa shape index (κ1) is 9.14. The standard InChI is InChI=1S/C8H6FNO3S/c1-4-5(9)2-3-6-7(4)8(11)10-14(6,12)13/h2-3H,1H3,(H,10,11). The number of carbonyl (C=O) groups excluding carboxylic acids is 1. The number of hydrogen-bond acceptors (Lipinski definition) is 3. The van der Waals surface area contributed by atoms with E-state index in [-0.39, 0.29) is 16.0 Å². The summed E-state index contributed by atoms with van der Waals surface area (Å²) in [6.45, 7) is 1.37.